The highest BCUT2D eigenvalue weighted by molar-refractivity contribution is 14.1. The van der Waals surface area contributed by atoms with Crippen LogP contribution >= 0.6 is 23.0 Å². The third-order valence-corrected chi connectivity index (χ3v) is 3.77. The molecule has 2 saturated carbocycles. The first kappa shape index (κ1) is 7.83. The molecule has 2 fully saturated rings. The van der Waals surface area contributed by atoms with Gasteiger partial charge in [-0.2, -0.15) is 0 Å². The van der Waals surface area contributed by atoms with Gasteiger partial charge in [-0.25, -0.2) is 0 Å². The van der Waals surface area contributed by atoms with Gasteiger partial charge in [-0.3, -0.25) is 4.79 Å². The lowest BCUT2D eigenvalue weighted by molar-refractivity contribution is -0.151. The van der Waals surface area contributed by atoms with E-state index in [1.54, 1.807) is 23.0 Å². The van der Waals surface area contributed by atoms with E-state index in [1.807, 2.05) is 0 Å². The molecular weight excluding hydrogens is 255 g/mol. The van der Waals surface area contributed by atoms with Crippen LogP contribution in [0.1, 0.15) is 32.1 Å². The molecular formula is C8H11IO2. The van der Waals surface area contributed by atoms with Crippen molar-refractivity contribution in [3.05, 3.63) is 0 Å². The van der Waals surface area contributed by atoms with Gasteiger partial charge in [0.2, 0.25) is 0 Å². The smallest absolute Gasteiger partial charge is 0.321 e. The van der Waals surface area contributed by atoms with Gasteiger partial charge in [0.25, 0.3) is 0 Å². The number of hydrogen-bond acceptors (Lipinski definition) is 2. The normalized spacial score (nSPS) is 41.0. The standard InChI is InChI=1S/C8H11IO2/c9-11-7(10)8-4-1-2-6(8)3-5-8/h6H,1-5H2. The minimum absolute atomic E-state index is 0.0266. The van der Waals surface area contributed by atoms with Crippen LogP contribution in [0.15, 0.2) is 0 Å². The van der Waals surface area contributed by atoms with Crippen molar-refractivity contribution in [3.8, 4) is 0 Å². The van der Waals surface area contributed by atoms with Crippen molar-refractivity contribution in [1.29, 1.82) is 0 Å². The van der Waals surface area contributed by atoms with E-state index < -0.39 is 0 Å². The fraction of sp³-hybridized carbons (Fsp3) is 0.875. The van der Waals surface area contributed by atoms with Crippen LogP contribution < -0.4 is 0 Å². The van der Waals surface area contributed by atoms with Crippen molar-refractivity contribution >= 4 is 29.0 Å². The monoisotopic (exact) mass is 266 g/mol. The van der Waals surface area contributed by atoms with Gasteiger partial charge in [-0.1, -0.05) is 6.42 Å². The highest BCUT2D eigenvalue weighted by atomic mass is 127. The van der Waals surface area contributed by atoms with E-state index in [0.29, 0.717) is 5.92 Å². The van der Waals surface area contributed by atoms with Crippen LogP contribution in [0.4, 0.5) is 0 Å². The Morgan fingerprint density at radius 2 is 2.27 bits per heavy atom. The molecule has 0 N–H and O–H groups in total. The van der Waals surface area contributed by atoms with Crippen molar-refractivity contribution in [3.63, 3.8) is 0 Å². The molecule has 11 heavy (non-hydrogen) atoms. The lowest BCUT2D eigenvalue weighted by Gasteiger charge is -2.41. The Bertz CT molecular complexity index is 193. The molecule has 2 rings (SSSR count). The van der Waals surface area contributed by atoms with E-state index in [-0.39, 0.29) is 11.4 Å². The molecule has 0 aromatic rings. The molecule has 0 saturated heterocycles. The first-order valence-electron chi connectivity index (χ1n) is 4.12. The number of carbonyl (C=O) groups excluding carboxylic acids is 1. The van der Waals surface area contributed by atoms with Gasteiger partial charge < -0.3 is 3.07 Å². The van der Waals surface area contributed by atoms with Gasteiger partial charge in [0.15, 0.2) is 23.0 Å². The van der Waals surface area contributed by atoms with E-state index in [4.69, 9.17) is 3.07 Å². The molecule has 0 heterocycles. The Morgan fingerprint density at radius 3 is 2.73 bits per heavy atom. The maximum absolute atomic E-state index is 11.4. The maximum atomic E-state index is 11.4. The second-order valence-electron chi connectivity index (χ2n) is 3.65. The van der Waals surface area contributed by atoms with Gasteiger partial charge in [0, 0.05) is 0 Å². The second kappa shape index (κ2) is 2.61. The van der Waals surface area contributed by atoms with Gasteiger partial charge in [-0.15, -0.1) is 0 Å². The second-order valence-corrected chi connectivity index (χ2v) is 4.09. The topological polar surface area (TPSA) is 26.3 Å². The molecule has 3 heteroatoms. The maximum Gasteiger partial charge on any atom is 0.321 e. The minimum atomic E-state index is -0.0266. The molecule has 0 bridgehead atoms. The average molecular weight is 266 g/mol. The number of fused-ring (bicyclic) bond motifs is 1. The number of halogens is 1. The van der Waals surface area contributed by atoms with Crippen molar-refractivity contribution in [2.75, 3.05) is 0 Å². The van der Waals surface area contributed by atoms with Gasteiger partial charge in [0.1, 0.15) is 0 Å². The fourth-order valence-corrected chi connectivity index (χ4v) is 3.00. The average Bonchev–Trinajstić information content (AvgIpc) is 2.27. The summed E-state index contributed by atoms with van der Waals surface area (Å²) < 4.78 is 4.79. The van der Waals surface area contributed by atoms with E-state index in [0.717, 1.165) is 12.8 Å². The molecule has 0 aromatic carbocycles. The summed E-state index contributed by atoms with van der Waals surface area (Å²) in [5, 5.41) is 0. The zero-order valence-corrected chi connectivity index (χ0v) is 8.46. The highest BCUT2D eigenvalue weighted by Gasteiger charge is 2.56. The summed E-state index contributed by atoms with van der Waals surface area (Å²) in [4.78, 5) is 11.4. The Balaban J connectivity index is 2.15. The molecule has 2 atom stereocenters. The number of carbonyl (C=O) groups is 1. The predicted octanol–water partition coefficient (Wildman–Crippen LogP) is 2.46. The first-order valence-corrected chi connectivity index (χ1v) is 5.01. The van der Waals surface area contributed by atoms with Crippen LogP contribution in [-0.4, -0.2) is 5.97 Å². The van der Waals surface area contributed by atoms with Gasteiger partial charge in [-0.05, 0) is 31.6 Å². The predicted molar refractivity (Wildman–Crippen MR) is 49.1 cm³/mol. The van der Waals surface area contributed by atoms with Crippen LogP contribution in [0.3, 0.4) is 0 Å². The number of rotatable bonds is 1. The first-order chi connectivity index (χ1) is 5.29. The van der Waals surface area contributed by atoms with Crippen molar-refractivity contribution < 1.29 is 7.86 Å². The van der Waals surface area contributed by atoms with E-state index in [2.05, 4.69) is 0 Å². The van der Waals surface area contributed by atoms with Crippen LogP contribution in [0, 0.1) is 11.3 Å². The molecule has 2 nitrogen and oxygen atoms in total. The quantitative estimate of drug-likeness (QED) is 0.681. The van der Waals surface area contributed by atoms with Crippen molar-refractivity contribution in [2.24, 2.45) is 11.3 Å². The van der Waals surface area contributed by atoms with Crippen LogP contribution in [0.2, 0.25) is 0 Å². The summed E-state index contributed by atoms with van der Waals surface area (Å²) in [5.41, 5.74) is -0.0266. The van der Waals surface area contributed by atoms with E-state index >= 15 is 0 Å². The lowest BCUT2D eigenvalue weighted by atomic mass is 9.62. The number of hydrogen-bond donors (Lipinski definition) is 0. The highest BCUT2D eigenvalue weighted by Crippen LogP contribution is 2.58. The zero-order valence-electron chi connectivity index (χ0n) is 6.31. The minimum Gasteiger partial charge on any atom is -0.394 e. The third kappa shape index (κ3) is 0.927. The Morgan fingerprint density at radius 1 is 1.45 bits per heavy atom. The summed E-state index contributed by atoms with van der Waals surface area (Å²) in [6, 6.07) is 0. The van der Waals surface area contributed by atoms with E-state index in [9.17, 15) is 4.79 Å². The summed E-state index contributed by atoms with van der Waals surface area (Å²) >= 11 is 1.71. The molecule has 0 amide bonds. The van der Waals surface area contributed by atoms with Gasteiger partial charge in [0.05, 0.1) is 5.41 Å². The molecule has 2 aliphatic carbocycles. The van der Waals surface area contributed by atoms with E-state index in [1.165, 1.54) is 19.3 Å². The Kier molecular flexibility index (Phi) is 1.85. The largest absolute Gasteiger partial charge is 0.394 e. The third-order valence-electron chi connectivity index (χ3n) is 3.37. The molecule has 2 unspecified atom stereocenters. The van der Waals surface area contributed by atoms with Crippen LogP contribution in [-0.2, 0) is 7.86 Å². The molecule has 62 valence electrons. The Labute approximate surface area is 80.4 Å². The summed E-state index contributed by atoms with van der Waals surface area (Å²) in [5.74, 6) is 0.691. The summed E-state index contributed by atoms with van der Waals surface area (Å²) in [6.07, 6.45) is 5.84. The van der Waals surface area contributed by atoms with Crippen molar-refractivity contribution in [1.82, 2.24) is 0 Å². The lowest BCUT2D eigenvalue weighted by Crippen LogP contribution is -2.42. The van der Waals surface area contributed by atoms with Crippen molar-refractivity contribution in [2.45, 2.75) is 32.1 Å². The van der Waals surface area contributed by atoms with Gasteiger partial charge >= 0.3 is 5.97 Å². The molecule has 0 spiro atoms. The molecule has 2 aliphatic rings. The van der Waals surface area contributed by atoms with Crippen LogP contribution in [0.25, 0.3) is 0 Å². The molecule has 0 radical (unpaired) electrons. The van der Waals surface area contributed by atoms with Crippen LogP contribution in [0.5, 0.6) is 0 Å². The Hall–Kier alpha value is 0.200. The molecule has 0 aromatic heterocycles. The summed E-state index contributed by atoms with van der Waals surface area (Å²) in [7, 11) is 0. The SMILES string of the molecule is O=C(OI)C12CCCC1CC2. The molecule has 0 aliphatic heterocycles. The zero-order chi connectivity index (χ0) is 7.90. The summed E-state index contributed by atoms with van der Waals surface area (Å²) in [6.45, 7) is 0. The fourth-order valence-electron chi connectivity index (χ4n) is 2.56.